The van der Waals surface area contributed by atoms with E-state index in [1.54, 1.807) is 31.3 Å². The van der Waals surface area contributed by atoms with Gasteiger partial charge in [0.2, 0.25) is 0 Å². The molecule has 0 aliphatic carbocycles. The maximum atomic E-state index is 9.59. The molecule has 0 saturated carbocycles. The summed E-state index contributed by atoms with van der Waals surface area (Å²) in [4.78, 5) is 0. The highest BCUT2D eigenvalue weighted by molar-refractivity contribution is 5.81. The van der Waals surface area contributed by atoms with Gasteiger partial charge in [0.1, 0.15) is 0 Å². The number of anilines is 1. The summed E-state index contributed by atoms with van der Waals surface area (Å²) in [5, 5.41) is 21.2. The molecule has 0 aliphatic heterocycles. The van der Waals surface area contributed by atoms with Gasteiger partial charge in [-0.2, -0.15) is 5.10 Å². The number of ether oxygens (including phenoxy) is 1. The highest BCUT2D eigenvalue weighted by Crippen LogP contribution is 2.26. The molecule has 0 spiro atoms. The molecule has 0 aliphatic rings. The summed E-state index contributed by atoms with van der Waals surface area (Å²) in [6.07, 6.45) is 1.56. The van der Waals surface area contributed by atoms with Crippen LogP contribution in [0.3, 0.4) is 0 Å². The summed E-state index contributed by atoms with van der Waals surface area (Å²) < 4.78 is 6.58. The Morgan fingerprint density at radius 2 is 2.30 bits per heavy atom. The van der Waals surface area contributed by atoms with Crippen molar-refractivity contribution in [3.05, 3.63) is 29.6 Å². The lowest BCUT2D eigenvalue weighted by Crippen LogP contribution is -2.13. The van der Waals surface area contributed by atoms with E-state index < -0.39 is 0 Å². The first-order valence-corrected chi connectivity index (χ1v) is 6.03. The van der Waals surface area contributed by atoms with Gasteiger partial charge in [-0.15, -0.1) is 10.2 Å². The highest BCUT2D eigenvalue weighted by Gasteiger charge is 2.04. The lowest BCUT2D eigenvalue weighted by molar-refractivity contribution is 0.318. The normalized spacial score (nSPS) is 10.9. The monoisotopic (exact) mass is 276 g/mol. The predicted molar refractivity (Wildman–Crippen MR) is 75.4 cm³/mol. The second-order valence-electron chi connectivity index (χ2n) is 3.97. The van der Waals surface area contributed by atoms with Crippen LogP contribution in [-0.4, -0.2) is 32.8 Å². The highest BCUT2D eigenvalue weighted by atomic mass is 16.5. The van der Waals surface area contributed by atoms with Gasteiger partial charge in [-0.3, -0.25) is 0 Å². The SMILES string of the molecule is CCOc1cc(C=NNc2nnc(C)n2N)ccc1O. The smallest absolute Gasteiger partial charge is 0.263 e. The molecule has 1 heterocycles. The fraction of sp³-hybridized carbons (Fsp3) is 0.250. The number of nitrogen functional groups attached to an aromatic ring is 1. The molecule has 8 heteroatoms. The van der Waals surface area contributed by atoms with Crippen LogP contribution in [0.1, 0.15) is 18.3 Å². The minimum absolute atomic E-state index is 0.0919. The Labute approximate surface area is 115 Å². The largest absolute Gasteiger partial charge is 0.504 e. The number of nitrogens with zero attached hydrogens (tertiary/aromatic N) is 4. The minimum atomic E-state index is 0.0919. The van der Waals surface area contributed by atoms with Crippen molar-refractivity contribution in [1.29, 1.82) is 0 Å². The molecule has 0 saturated heterocycles. The zero-order chi connectivity index (χ0) is 14.5. The van der Waals surface area contributed by atoms with Crippen molar-refractivity contribution in [2.24, 2.45) is 5.10 Å². The van der Waals surface area contributed by atoms with E-state index in [0.29, 0.717) is 24.1 Å². The van der Waals surface area contributed by atoms with Crippen LogP contribution in [0.4, 0.5) is 5.95 Å². The summed E-state index contributed by atoms with van der Waals surface area (Å²) in [6.45, 7) is 4.05. The Bertz CT molecular complexity index is 622. The molecule has 4 N–H and O–H groups in total. The van der Waals surface area contributed by atoms with Gasteiger partial charge < -0.3 is 15.7 Å². The summed E-state index contributed by atoms with van der Waals surface area (Å²) in [7, 11) is 0. The average Bonchev–Trinajstić information content (AvgIpc) is 2.75. The van der Waals surface area contributed by atoms with Crippen LogP contribution < -0.4 is 16.0 Å². The van der Waals surface area contributed by atoms with E-state index in [2.05, 4.69) is 20.7 Å². The summed E-state index contributed by atoms with van der Waals surface area (Å²) in [5.74, 6) is 7.08. The van der Waals surface area contributed by atoms with E-state index in [4.69, 9.17) is 10.6 Å². The molecular weight excluding hydrogens is 260 g/mol. The third-order valence-corrected chi connectivity index (χ3v) is 2.53. The number of aromatic nitrogens is 3. The summed E-state index contributed by atoms with van der Waals surface area (Å²) >= 11 is 0. The molecule has 1 aromatic carbocycles. The van der Waals surface area contributed by atoms with Crippen LogP contribution >= 0.6 is 0 Å². The van der Waals surface area contributed by atoms with Crippen LogP contribution in [-0.2, 0) is 0 Å². The topological polar surface area (TPSA) is 111 Å². The molecule has 0 amide bonds. The standard InChI is InChI=1S/C12H16N6O2/c1-3-20-11-6-9(4-5-10(11)19)7-14-16-12-17-15-8(2)18(12)13/h4-7,19H,3,13H2,1-2H3,(H,16,17). The number of phenolic OH excluding ortho intramolecular Hbond substituents is 1. The molecule has 2 aromatic rings. The van der Waals surface area contributed by atoms with E-state index in [9.17, 15) is 5.11 Å². The van der Waals surface area contributed by atoms with E-state index in [1.807, 2.05) is 6.92 Å². The van der Waals surface area contributed by atoms with Gasteiger partial charge in [0, 0.05) is 0 Å². The van der Waals surface area contributed by atoms with Crippen molar-refractivity contribution in [2.75, 3.05) is 17.9 Å². The van der Waals surface area contributed by atoms with Crippen LogP contribution in [0, 0.1) is 6.92 Å². The number of phenols is 1. The van der Waals surface area contributed by atoms with Crippen molar-refractivity contribution in [1.82, 2.24) is 14.9 Å². The van der Waals surface area contributed by atoms with Crippen LogP contribution in [0.5, 0.6) is 11.5 Å². The van der Waals surface area contributed by atoms with Crippen LogP contribution in [0.2, 0.25) is 0 Å². The fourth-order valence-corrected chi connectivity index (χ4v) is 1.49. The van der Waals surface area contributed by atoms with Gasteiger partial charge in [-0.05, 0) is 37.6 Å². The second kappa shape index (κ2) is 5.91. The molecule has 20 heavy (non-hydrogen) atoms. The molecule has 0 bridgehead atoms. The van der Waals surface area contributed by atoms with Crippen LogP contribution in [0.15, 0.2) is 23.3 Å². The molecule has 0 unspecified atom stereocenters. The van der Waals surface area contributed by atoms with Crippen molar-refractivity contribution >= 4 is 12.2 Å². The first-order chi connectivity index (χ1) is 9.61. The number of benzene rings is 1. The van der Waals surface area contributed by atoms with Gasteiger partial charge in [-0.1, -0.05) is 0 Å². The third-order valence-electron chi connectivity index (χ3n) is 2.53. The van der Waals surface area contributed by atoms with E-state index in [0.717, 1.165) is 5.56 Å². The second-order valence-corrected chi connectivity index (χ2v) is 3.97. The molecule has 8 nitrogen and oxygen atoms in total. The maximum absolute atomic E-state index is 9.59. The Balaban J connectivity index is 2.08. The predicted octanol–water partition coefficient (Wildman–Crippen LogP) is 0.851. The van der Waals surface area contributed by atoms with Crippen molar-refractivity contribution in [3.8, 4) is 11.5 Å². The molecule has 0 fully saturated rings. The van der Waals surface area contributed by atoms with Crippen LogP contribution in [0.25, 0.3) is 0 Å². The fourth-order valence-electron chi connectivity index (χ4n) is 1.49. The van der Waals surface area contributed by atoms with Crippen molar-refractivity contribution in [2.45, 2.75) is 13.8 Å². The molecule has 0 atom stereocenters. The number of hydrogen-bond acceptors (Lipinski definition) is 7. The Morgan fingerprint density at radius 3 is 2.95 bits per heavy atom. The first kappa shape index (κ1) is 13.7. The van der Waals surface area contributed by atoms with E-state index >= 15 is 0 Å². The Kier molecular flexibility index (Phi) is 4.04. The molecular formula is C12H16N6O2. The molecule has 2 rings (SSSR count). The van der Waals surface area contributed by atoms with Gasteiger partial charge >= 0.3 is 0 Å². The van der Waals surface area contributed by atoms with Crippen molar-refractivity contribution < 1.29 is 9.84 Å². The van der Waals surface area contributed by atoms with Crippen molar-refractivity contribution in [3.63, 3.8) is 0 Å². The molecule has 1 aromatic heterocycles. The van der Waals surface area contributed by atoms with Gasteiger partial charge in [0.25, 0.3) is 5.95 Å². The average molecular weight is 276 g/mol. The summed E-state index contributed by atoms with van der Waals surface area (Å²) in [5.41, 5.74) is 3.44. The number of hydrazone groups is 1. The number of aryl methyl sites for hydroxylation is 1. The molecule has 106 valence electrons. The van der Waals surface area contributed by atoms with E-state index in [-0.39, 0.29) is 5.75 Å². The lowest BCUT2D eigenvalue weighted by atomic mass is 10.2. The van der Waals surface area contributed by atoms with Gasteiger partial charge in [-0.25, -0.2) is 10.1 Å². The molecule has 0 radical (unpaired) electrons. The summed E-state index contributed by atoms with van der Waals surface area (Å²) in [6, 6.07) is 4.94. The minimum Gasteiger partial charge on any atom is -0.504 e. The number of hydrogen-bond donors (Lipinski definition) is 3. The number of nitrogens with two attached hydrogens (primary N) is 1. The van der Waals surface area contributed by atoms with E-state index in [1.165, 1.54) is 4.68 Å². The lowest BCUT2D eigenvalue weighted by Gasteiger charge is -2.06. The first-order valence-electron chi connectivity index (χ1n) is 6.03. The quantitative estimate of drug-likeness (QED) is 0.424. The third kappa shape index (κ3) is 2.97. The van der Waals surface area contributed by atoms with Gasteiger partial charge in [0.05, 0.1) is 12.8 Å². The number of rotatable bonds is 5. The Morgan fingerprint density at radius 1 is 1.50 bits per heavy atom. The zero-order valence-electron chi connectivity index (χ0n) is 11.2. The number of aromatic hydroxyl groups is 1. The maximum Gasteiger partial charge on any atom is 0.263 e. The zero-order valence-corrected chi connectivity index (χ0v) is 11.2. The van der Waals surface area contributed by atoms with Gasteiger partial charge in [0.15, 0.2) is 17.3 Å². The Hall–Kier alpha value is -2.77. The number of nitrogens with one attached hydrogen (secondary N) is 1.